The summed E-state index contributed by atoms with van der Waals surface area (Å²) < 4.78 is 0. The minimum absolute atomic E-state index is 0. The summed E-state index contributed by atoms with van der Waals surface area (Å²) in [6.07, 6.45) is 4.08. The van der Waals surface area contributed by atoms with E-state index in [0.29, 0.717) is 18.0 Å². The summed E-state index contributed by atoms with van der Waals surface area (Å²) in [5.74, 6) is 1.62. The molecule has 0 aromatic carbocycles. The molecular formula is C18H38IN5. The maximum absolute atomic E-state index is 4.41. The van der Waals surface area contributed by atoms with Gasteiger partial charge in [0.15, 0.2) is 5.96 Å². The number of hydrogen-bond donors (Lipinski definition) is 2. The Morgan fingerprint density at radius 2 is 1.96 bits per heavy atom. The fraction of sp³-hybridized carbons (Fsp3) is 0.944. The predicted molar refractivity (Wildman–Crippen MR) is 114 cm³/mol. The number of halogens is 1. The highest BCUT2D eigenvalue weighted by Gasteiger charge is 2.31. The standard InChI is InChI=1S/C18H37N5.HI/c1-14(2)23-12-15(3)17(13-23)21-18(19-5)20-9-11-22-10-7-6-8-16(22)4;/h14-17H,6-13H2,1-5H3,(H2,19,20,21);1H. The van der Waals surface area contributed by atoms with Gasteiger partial charge >= 0.3 is 0 Å². The average molecular weight is 451 g/mol. The van der Waals surface area contributed by atoms with Gasteiger partial charge in [0, 0.05) is 51.4 Å². The topological polar surface area (TPSA) is 42.9 Å². The molecule has 0 amide bonds. The van der Waals surface area contributed by atoms with Crippen LogP contribution in [0.25, 0.3) is 0 Å². The van der Waals surface area contributed by atoms with Crippen LogP contribution in [-0.2, 0) is 0 Å². The van der Waals surface area contributed by atoms with Crippen LogP contribution >= 0.6 is 24.0 Å². The van der Waals surface area contributed by atoms with Crippen molar-refractivity contribution in [1.29, 1.82) is 0 Å². The van der Waals surface area contributed by atoms with E-state index in [1.165, 1.54) is 32.4 Å². The molecule has 3 unspecified atom stereocenters. The first kappa shape index (κ1) is 22.0. The maximum atomic E-state index is 4.41. The minimum Gasteiger partial charge on any atom is -0.355 e. The van der Waals surface area contributed by atoms with E-state index in [2.05, 4.69) is 53.1 Å². The number of nitrogens with one attached hydrogen (secondary N) is 2. The Labute approximate surface area is 166 Å². The molecule has 24 heavy (non-hydrogen) atoms. The molecular weight excluding hydrogens is 413 g/mol. The lowest BCUT2D eigenvalue weighted by atomic mass is 10.0. The predicted octanol–water partition coefficient (Wildman–Crippen LogP) is 2.37. The minimum atomic E-state index is 0. The van der Waals surface area contributed by atoms with E-state index in [1.54, 1.807) is 0 Å². The highest BCUT2D eigenvalue weighted by molar-refractivity contribution is 14.0. The lowest BCUT2D eigenvalue weighted by molar-refractivity contribution is 0.163. The SMILES string of the molecule is CN=C(NCCN1CCCCC1C)NC1CN(C(C)C)CC1C.I. The molecule has 2 fully saturated rings. The largest absolute Gasteiger partial charge is 0.355 e. The monoisotopic (exact) mass is 451 g/mol. The number of guanidine groups is 1. The summed E-state index contributed by atoms with van der Waals surface area (Å²) in [5.41, 5.74) is 0. The van der Waals surface area contributed by atoms with Gasteiger partial charge in [-0.25, -0.2) is 0 Å². The van der Waals surface area contributed by atoms with Gasteiger partial charge < -0.3 is 10.6 Å². The third-order valence-electron chi connectivity index (χ3n) is 5.55. The number of aliphatic imine (C=N–C) groups is 1. The highest BCUT2D eigenvalue weighted by atomic mass is 127. The molecule has 2 aliphatic rings. The first-order valence-corrected chi connectivity index (χ1v) is 9.46. The van der Waals surface area contributed by atoms with Crippen LogP contribution in [0.15, 0.2) is 4.99 Å². The first-order valence-electron chi connectivity index (χ1n) is 9.46. The molecule has 0 aromatic heterocycles. The van der Waals surface area contributed by atoms with Gasteiger partial charge in [0.1, 0.15) is 0 Å². The highest BCUT2D eigenvalue weighted by Crippen LogP contribution is 2.18. The summed E-state index contributed by atoms with van der Waals surface area (Å²) in [6.45, 7) is 14.9. The van der Waals surface area contributed by atoms with Gasteiger partial charge in [-0.3, -0.25) is 14.8 Å². The van der Waals surface area contributed by atoms with Crippen LogP contribution in [0.2, 0.25) is 0 Å². The van der Waals surface area contributed by atoms with Crippen molar-refractivity contribution in [1.82, 2.24) is 20.4 Å². The lowest BCUT2D eigenvalue weighted by Crippen LogP contribution is -2.49. The molecule has 5 nitrogen and oxygen atoms in total. The van der Waals surface area contributed by atoms with E-state index >= 15 is 0 Å². The Bertz CT molecular complexity index is 388. The zero-order chi connectivity index (χ0) is 16.8. The van der Waals surface area contributed by atoms with Crippen LogP contribution in [-0.4, -0.2) is 73.7 Å². The zero-order valence-corrected chi connectivity index (χ0v) is 18.5. The summed E-state index contributed by atoms with van der Waals surface area (Å²) in [6, 6.07) is 1.85. The number of nitrogens with zero attached hydrogens (tertiary/aromatic N) is 3. The first-order chi connectivity index (χ1) is 11.0. The van der Waals surface area contributed by atoms with Crippen LogP contribution < -0.4 is 10.6 Å². The fourth-order valence-corrected chi connectivity index (χ4v) is 3.79. The Kier molecular flexibility index (Phi) is 9.89. The van der Waals surface area contributed by atoms with Crippen LogP contribution in [0.5, 0.6) is 0 Å². The smallest absolute Gasteiger partial charge is 0.191 e. The normalized spacial score (nSPS) is 29.6. The summed E-state index contributed by atoms with van der Waals surface area (Å²) in [7, 11) is 1.87. The summed E-state index contributed by atoms with van der Waals surface area (Å²) in [4.78, 5) is 9.56. The quantitative estimate of drug-likeness (QED) is 0.383. The lowest BCUT2D eigenvalue weighted by Gasteiger charge is -2.33. The third-order valence-corrected chi connectivity index (χ3v) is 5.55. The molecule has 0 spiro atoms. The van der Waals surface area contributed by atoms with E-state index in [0.717, 1.165) is 31.6 Å². The second-order valence-electron chi connectivity index (χ2n) is 7.66. The molecule has 0 aliphatic carbocycles. The Balaban J connectivity index is 0.00000288. The molecule has 2 N–H and O–H groups in total. The van der Waals surface area contributed by atoms with Crippen molar-refractivity contribution in [2.45, 2.75) is 65.1 Å². The van der Waals surface area contributed by atoms with Crippen molar-refractivity contribution < 1.29 is 0 Å². The van der Waals surface area contributed by atoms with Crippen molar-refractivity contribution in [3.63, 3.8) is 0 Å². The molecule has 2 saturated heterocycles. The number of hydrogen-bond acceptors (Lipinski definition) is 3. The third kappa shape index (κ3) is 6.33. The Morgan fingerprint density at radius 3 is 2.54 bits per heavy atom. The zero-order valence-electron chi connectivity index (χ0n) is 16.2. The fourth-order valence-electron chi connectivity index (χ4n) is 3.79. The second-order valence-corrected chi connectivity index (χ2v) is 7.66. The van der Waals surface area contributed by atoms with Gasteiger partial charge in [-0.2, -0.15) is 0 Å². The molecule has 142 valence electrons. The maximum Gasteiger partial charge on any atom is 0.191 e. The van der Waals surface area contributed by atoms with Crippen LogP contribution in [0.1, 0.15) is 47.0 Å². The van der Waals surface area contributed by atoms with Gasteiger partial charge in [-0.15, -0.1) is 24.0 Å². The van der Waals surface area contributed by atoms with Gasteiger partial charge in [0.25, 0.3) is 0 Å². The van der Waals surface area contributed by atoms with Gasteiger partial charge in [0.2, 0.25) is 0 Å². The Hall–Kier alpha value is -0.0800. The summed E-state index contributed by atoms with van der Waals surface area (Å²) >= 11 is 0. The molecule has 3 atom stereocenters. The van der Waals surface area contributed by atoms with Crippen molar-refractivity contribution in [3.05, 3.63) is 0 Å². The second kappa shape index (κ2) is 10.8. The van der Waals surface area contributed by atoms with E-state index in [4.69, 9.17) is 0 Å². The summed E-state index contributed by atoms with van der Waals surface area (Å²) in [5, 5.41) is 7.14. The molecule has 0 saturated carbocycles. The van der Waals surface area contributed by atoms with Crippen molar-refractivity contribution in [2.24, 2.45) is 10.9 Å². The van der Waals surface area contributed by atoms with Crippen molar-refractivity contribution in [2.75, 3.05) is 39.8 Å². The van der Waals surface area contributed by atoms with Crippen molar-refractivity contribution in [3.8, 4) is 0 Å². The van der Waals surface area contributed by atoms with E-state index < -0.39 is 0 Å². The number of rotatable bonds is 5. The number of piperidine rings is 1. The molecule has 2 heterocycles. The molecule has 6 heteroatoms. The molecule has 2 aliphatic heterocycles. The van der Waals surface area contributed by atoms with Crippen LogP contribution in [0, 0.1) is 5.92 Å². The Morgan fingerprint density at radius 1 is 1.21 bits per heavy atom. The molecule has 0 radical (unpaired) electrons. The van der Waals surface area contributed by atoms with Gasteiger partial charge in [-0.1, -0.05) is 13.3 Å². The number of likely N-dealkylation sites (tertiary alicyclic amines) is 2. The van der Waals surface area contributed by atoms with E-state index in [9.17, 15) is 0 Å². The van der Waals surface area contributed by atoms with E-state index in [1.807, 2.05) is 7.05 Å². The average Bonchev–Trinajstić information content (AvgIpc) is 2.89. The van der Waals surface area contributed by atoms with E-state index in [-0.39, 0.29) is 24.0 Å². The van der Waals surface area contributed by atoms with Gasteiger partial charge in [-0.05, 0) is 46.1 Å². The van der Waals surface area contributed by atoms with Crippen molar-refractivity contribution >= 4 is 29.9 Å². The van der Waals surface area contributed by atoms with Crippen LogP contribution in [0.3, 0.4) is 0 Å². The molecule has 2 rings (SSSR count). The van der Waals surface area contributed by atoms with Crippen LogP contribution in [0.4, 0.5) is 0 Å². The van der Waals surface area contributed by atoms with Gasteiger partial charge in [0.05, 0.1) is 0 Å². The molecule has 0 aromatic rings. The molecule has 0 bridgehead atoms.